The first kappa shape index (κ1) is 18.7. The van der Waals surface area contributed by atoms with Gasteiger partial charge in [-0.15, -0.1) is 5.10 Å². The third kappa shape index (κ3) is 3.71. The third-order valence-corrected chi connectivity index (χ3v) is 4.67. The second-order valence-corrected chi connectivity index (χ2v) is 6.64. The minimum absolute atomic E-state index is 0.115. The standard InChI is InChI=1S/C18H17F2N7O2/c1-25-15-4-6-22-27(15)7-5-14(18(25)29)23-17(28)16-21-10-26(24-16)9-11-2-3-12(19)13(20)8-11/h2-4,6,8,10,14H,5,7,9H2,1H3,(H,23,28). The number of fused-ring (bicyclic) bond motifs is 1. The van der Waals surface area contributed by atoms with Crippen LogP contribution in [0.25, 0.3) is 0 Å². The van der Waals surface area contributed by atoms with E-state index < -0.39 is 23.6 Å². The average Bonchev–Trinajstić information content (AvgIpc) is 3.34. The second kappa shape index (κ2) is 7.41. The van der Waals surface area contributed by atoms with Crippen LogP contribution in [-0.2, 0) is 17.9 Å². The first-order valence-corrected chi connectivity index (χ1v) is 8.86. The Kier molecular flexibility index (Phi) is 4.79. The quantitative estimate of drug-likeness (QED) is 0.703. The van der Waals surface area contributed by atoms with Gasteiger partial charge in [0, 0.05) is 19.7 Å². The van der Waals surface area contributed by atoms with E-state index in [4.69, 9.17) is 0 Å². The van der Waals surface area contributed by atoms with E-state index in [0.29, 0.717) is 24.3 Å². The van der Waals surface area contributed by atoms with Crippen LogP contribution in [0, 0.1) is 11.6 Å². The number of carbonyl (C=O) groups excluding carboxylic acids is 2. The van der Waals surface area contributed by atoms with E-state index in [-0.39, 0.29) is 18.3 Å². The number of aromatic nitrogens is 5. The summed E-state index contributed by atoms with van der Waals surface area (Å²) in [6.45, 7) is 0.588. The van der Waals surface area contributed by atoms with Gasteiger partial charge in [0.2, 0.25) is 5.82 Å². The molecule has 1 aliphatic rings. The number of hydrogen-bond acceptors (Lipinski definition) is 5. The Labute approximate surface area is 163 Å². The molecule has 11 heteroatoms. The fourth-order valence-corrected chi connectivity index (χ4v) is 3.16. The minimum Gasteiger partial charge on any atom is -0.337 e. The first-order chi connectivity index (χ1) is 13.9. The summed E-state index contributed by atoms with van der Waals surface area (Å²) in [6, 6.07) is 4.48. The highest BCUT2D eigenvalue weighted by Gasteiger charge is 2.30. The molecule has 9 nitrogen and oxygen atoms in total. The van der Waals surface area contributed by atoms with Gasteiger partial charge < -0.3 is 5.32 Å². The van der Waals surface area contributed by atoms with Crippen molar-refractivity contribution in [2.45, 2.75) is 25.6 Å². The minimum atomic E-state index is -0.962. The van der Waals surface area contributed by atoms with Crippen molar-refractivity contribution in [3.05, 3.63) is 59.8 Å². The number of carbonyl (C=O) groups is 2. The molecule has 1 unspecified atom stereocenters. The van der Waals surface area contributed by atoms with Crippen LogP contribution in [-0.4, -0.2) is 49.4 Å². The Morgan fingerprint density at radius 1 is 1.28 bits per heavy atom. The summed E-state index contributed by atoms with van der Waals surface area (Å²) in [4.78, 5) is 30.5. The molecule has 0 radical (unpaired) electrons. The molecule has 150 valence electrons. The lowest BCUT2D eigenvalue weighted by molar-refractivity contribution is -0.120. The zero-order valence-corrected chi connectivity index (χ0v) is 15.4. The van der Waals surface area contributed by atoms with E-state index in [0.717, 1.165) is 12.1 Å². The number of nitrogens with one attached hydrogen (secondary N) is 1. The molecule has 0 saturated heterocycles. The number of hydrogen-bond donors (Lipinski definition) is 1. The molecule has 0 bridgehead atoms. The second-order valence-electron chi connectivity index (χ2n) is 6.64. The van der Waals surface area contributed by atoms with Crippen molar-refractivity contribution in [3.63, 3.8) is 0 Å². The average molecular weight is 401 g/mol. The molecule has 2 aromatic heterocycles. The highest BCUT2D eigenvalue weighted by molar-refractivity contribution is 6.00. The Bertz CT molecular complexity index is 1080. The van der Waals surface area contributed by atoms with Crippen LogP contribution < -0.4 is 10.2 Å². The summed E-state index contributed by atoms with van der Waals surface area (Å²) in [7, 11) is 1.62. The van der Waals surface area contributed by atoms with E-state index in [1.807, 2.05) is 0 Å². The molecule has 1 aromatic carbocycles. The van der Waals surface area contributed by atoms with Gasteiger partial charge in [-0.3, -0.25) is 14.5 Å². The Balaban J connectivity index is 1.43. The zero-order valence-electron chi connectivity index (χ0n) is 15.4. The molecule has 0 saturated carbocycles. The number of aryl methyl sites for hydroxylation is 1. The molecule has 0 spiro atoms. The molecular weight excluding hydrogens is 384 g/mol. The summed E-state index contributed by atoms with van der Waals surface area (Å²) in [6.07, 6.45) is 3.30. The van der Waals surface area contributed by atoms with Crippen molar-refractivity contribution in [1.82, 2.24) is 29.9 Å². The van der Waals surface area contributed by atoms with Crippen LogP contribution in [0.5, 0.6) is 0 Å². The number of likely N-dealkylation sites (N-methyl/N-ethyl adjacent to an activating group) is 1. The fraction of sp³-hybridized carbons (Fsp3) is 0.278. The van der Waals surface area contributed by atoms with E-state index in [2.05, 4.69) is 20.5 Å². The highest BCUT2D eigenvalue weighted by atomic mass is 19.2. The van der Waals surface area contributed by atoms with Gasteiger partial charge in [0.25, 0.3) is 11.8 Å². The molecule has 29 heavy (non-hydrogen) atoms. The molecule has 1 N–H and O–H groups in total. The lowest BCUT2D eigenvalue weighted by Crippen LogP contribution is -2.47. The molecule has 3 aromatic rings. The summed E-state index contributed by atoms with van der Waals surface area (Å²) in [5.41, 5.74) is 0.468. The normalized spacial score (nSPS) is 16.4. The van der Waals surface area contributed by atoms with E-state index in [1.54, 1.807) is 24.0 Å². The van der Waals surface area contributed by atoms with Gasteiger partial charge in [0.15, 0.2) is 11.6 Å². The SMILES string of the molecule is CN1C(=O)C(NC(=O)c2ncn(Cc3ccc(F)c(F)c3)n2)CCn2nccc21. The van der Waals surface area contributed by atoms with Crippen molar-refractivity contribution >= 4 is 17.6 Å². The van der Waals surface area contributed by atoms with Gasteiger partial charge in [-0.1, -0.05) is 6.07 Å². The zero-order chi connectivity index (χ0) is 20.5. The monoisotopic (exact) mass is 401 g/mol. The lowest BCUT2D eigenvalue weighted by atomic mass is 10.2. The van der Waals surface area contributed by atoms with Crippen LogP contribution >= 0.6 is 0 Å². The number of anilines is 1. The molecular formula is C18H17F2N7O2. The Hall–Kier alpha value is -3.63. The molecule has 2 amide bonds. The third-order valence-electron chi connectivity index (χ3n) is 4.67. The summed E-state index contributed by atoms with van der Waals surface area (Å²) in [5.74, 6) is -2.23. The summed E-state index contributed by atoms with van der Waals surface area (Å²) < 4.78 is 29.4. The van der Waals surface area contributed by atoms with Crippen molar-refractivity contribution in [3.8, 4) is 0 Å². The Morgan fingerprint density at radius 2 is 2.10 bits per heavy atom. The smallest absolute Gasteiger partial charge is 0.291 e. The van der Waals surface area contributed by atoms with Gasteiger partial charge >= 0.3 is 0 Å². The van der Waals surface area contributed by atoms with E-state index in [9.17, 15) is 18.4 Å². The molecule has 0 aliphatic carbocycles. The van der Waals surface area contributed by atoms with Crippen molar-refractivity contribution in [2.75, 3.05) is 11.9 Å². The number of benzene rings is 1. The number of nitrogens with zero attached hydrogens (tertiary/aromatic N) is 6. The van der Waals surface area contributed by atoms with Gasteiger partial charge in [-0.2, -0.15) is 5.10 Å². The van der Waals surface area contributed by atoms with Crippen LogP contribution in [0.3, 0.4) is 0 Å². The van der Waals surface area contributed by atoms with Crippen molar-refractivity contribution in [2.24, 2.45) is 0 Å². The maximum absolute atomic E-state index is 13.3. The first-order valence-electron chi connectivity index (χ1n) is 8.86. The van der Waals surface area contributed by atoms with Crippen LogP contribution in [0.15, 0.2) is 36.8 Å². The predicted molar refractivity (Wildman–Crippen MR) is 97.0 cm³/mol. The molecule has 0 fully saturated rings. The maximum Gasteiger partial charge on any atom is 0.291 e. The number of rotatable bonds is 4. The largest absolute Gasteiger partial charge is 0.337 e. The summed E-state index contributed by atoms with van der Waals surface area (Å²) >= 11 is 0. The van der Waals surface area contributed by atoms with Crippen LogP contribution in [0.2, 0.25) is 0 Å². The summed E-state index contributed by atoms with van der Waals surface area (Å²) in [5, 5.41) is 10.9. The van der Waals surface area contributed by atoms with Crippen molar-refractivity contribution < 1.29 is 18.4 Å². The van der Waals surface area contributed by atoms with Crippen molar-refractivity contribution in [1.29, 1.82) is 0 Å². The van der Waals surface area contributed by atoms with Gasteiger partial charge in [-0.25, -0.2) is 23.1 Å². The lowest BCUT2D eigenvalue weighted by Gasteiger charge is -2.19. The Morgan fingerprint density at radius 3 is 2.90 bits per heavy atom. The van der Waals surface area contributed by atoms with Crippen LogP contribution in [0.4, 0.5) is 14.6 Å². The predicted octanol–water partition coefficient (Wildman–Crippen LogP) is 0.966. The van der Waals surface area contributed by atoms with E-state index >= 15 is 0 Å². The molecule has 1 aliphatic heterocycles. The fourth-order valence-electron chi connectivity index (χ4n) is 3.16. The topological polar surface area (TPSA) is 97.9 Å². The van der Waals surface area contributed by atoms with Gasteiger partial charge in [-0.05, 0) is 24.1 Å². The number of amides is 2. The van der Waals surface area contributed by atoms with Gasteiger partial charge in [0.1, 0.15) is 18.2 Å². The molecule has 4 rings (SSSR count). The van der Waals surface area contributed by atoms with E-state index in [1.165, 1.54) is 22.0 Å². The maximum atomic E-state index is 13.3. The number of halogens is 2. The molecule has 3 heterocycles. The highest BCUT2D eigenvalue weighted by Crippen LogP contribution is 2.19. The van der Waals surface area contributed by atoms with Crippen LogP contribution in [0.1, 0.15) is 22.6 Å². The molecule has 1 atom stereocenters. The van der Waals surface area contributed by atoms with Gasteiger partial charge in [0.05, 0.1) is 12.7 Å².